The number of aryl methyl sites for hydroxylation is 1. The summed E-state index contributed by atoms with van der Waals surface area (Å²) in [7, 11) is 0. The van der Waals surface area contributed by atoms with E-state index in [9.17, 15) is 0 Å². The van der Waals surface area contributed by atoms with Crippen molar-refractivity contribution in [2.45, 2.75) is 37.6 Å². The van der Waals surface area contributed by atoms with Gasteiger partial charge in [-0.2, -0.15) is 28.6 Å². The molecule has 0 aromatic carbocycles. The van der Waals surface area contributed by atoms with Crippen molar-refractivity contribution < 1.29 is 0 Å². The molecule has 0 amide bonds. The number of aromatic nitrogens is 3. The third kappa shape index (κ3) is 3.63. The van der Waals surface area contributed by atoms with Crippen molar-refractivity contribution in [3.05, 3.63) is 12.2 Å². The van der Waals surface area contributed by atoms with Gasteiger partial charge < -0.3 is 0 Å². The fourth-order valence-corrected chi connectivity index (χ4v) is 4.95. The van der Waals surface area contributed by atoms with Gasteiger partial charge in [0.05, 0.1) is 0 Å². The molecule has 2 atom stereocenters. The molecule has 1 fully saturated rings. The summed E-state index contributed by atoms with van der Waals surface area (Å²) in [6.07, 6.45) is 3.57. The van der Waals surface area contributed by atoms with E-state index in [1.807, 2.05) is 28.2 Å². The maximum Gasteiger partial charge on any atom is 0.138 e. The van der Waals surface area contributed by atoms with E-state index in [4.69, 9.17) is 5.84 Å². The molecule has 1 saturated heterocycles. The van der Waals surface area contributed by atoms with E-state index >= 15 is 0 Å². The Balaban J connectivity index is 1.98. The van der Waals surface area contributed by atoms with Crippen molar-refractivity contribution in [1.82, 2.24) is 20.2 Å². The third-order valence-electron chi connectivity index (χ3n) is 3.04. The monoisotopic (exact) mass is 287 g/mol. The Labute approximate surface area is 117 Å². The largest absolute Gasteiger partial charge is 0.271 e. The summed E-state index contributed by atoms with van der Waals surface area (Å²) >= 11 is 4.03. The van der Waals surface area contributed by atoms with Gasteiger partial charge in [-0.15, -0.1) is 0 Å². The number of hydrogen-bond acceptors (Lipinski definition) is 6. The van der Waals surface area contributed by atoms with Crippen LogP contribution in [0.4, 0.5) is 0 Å². The molecular formula is C11H21N5S2. The molecule has 0 spiro atoms. The van der Waals surface area contributed by atoms with Crippen LogP contribution in [0.1, 0.15) is 19.2 Å². The minimum Gasteiger partial charge on any atom is -0.271 e. The maximum absolute atomic E-state index is 5.71. The number of nitrogens with zero attached hydrogens (tertiary/aromatic N) is 3. The first kappa shape index (κ1) is 14.2. The Morgan fingerprint density at radius 1 is 1.61 bits per heavy atom. The number of hydrogen-bond donors (Lipinski definition) is 2. The second-order valence-electron chi connectivity index (χ2n) is 4.36. The smallest absolute Gasteiger partial charge is 0.138 e. The van der Waals surface area contributed by atoms with Crippen molar-refractivity contribution in [3.8, 4) is 0 Å². The highest BCUT2D eigenvalue weighted by atomic mass is 32.2. The van der Waals surface area contributed by atoms with Crippen molar-refractivity contribution >= 4 is 23.5 Å². The number of thioether (sulfide) groups is 2. The molecule has 0 radical (unpaired) electrons. The standard InChI is InChI=1S/C11H21N5S2/c1-2-3-16-11(13-8-14-16)6-9(15-12)10-7-17-4-5-18-10/h8-10,15H,2-7,12H2,1H3. The van der Waals surface area contributed by atoms with Crippen molar-refractivity contribution in [1.29, 1.82) is 0 Å². The van der Waals surface area contributed by atoms with Crippen LogP contribution in [0.2, 0.25) is 0 Å². The van der Waals surface area contributed by atoms with Crippen LogP contribution in [0, 0.1) is 0 Å². The van der Waals surface area contributed by atoms with Gasteiger partial charge in [-0.3, -0.25) is 16.0 Å². The SMILES string of the molecule is CCCn1ncnc1CC(NN)C1CSCCS1. The molecule has 5 nitrogen and oxygen atoms in total. The summed E-state index contributed by atoms with van der Waals surface area (Å²) in [5.41, 5.74) is 2.96. The molecule has 2 unspecified atom stereocenters. The van der Waals surface area contributed by atoms with Gasteiger partial charge in [0, 0.05) is 41.5 Å². The summed E-state index contributed by atoms with van der Waals surface area (Å²) in [6.45, 7) is 3.08. The third-order valence-corrected chi connectivity index (χ3v) is 5.96. The van der Waals surface area contributed by atoms with Crippen molar-refractivity contribution in [2.75, 3.05) is 17.3 Å². The van der Waals surface area contributed by atoms with Gasteiger partial charge in [0.25, 0.3) is 0 Å². The molecule has 1 aromatic rings. The second-order valence-corrected chi connectivity index (χ2v) is 6.86. The van der Waals surface area contributed by atoms with E-state index in [1.165, 1.54) is 17.3 Å². The first-order valence-electron chi connectivity index (χ1n) is 6.37. The molecule has 2 rings (SSSR count). The molecule has 1 aliphatic rings. The first-order valence-corrected chi connectivity index (χ1v) is 8.57. The van der Waals surface area contributed by atoms with Crippen LogP contribution in [-0.2, 0) is 13.0 Å². The van der Waals surface area contributed by atoms with Crippen molar-refractivity contribution in [3.63, 3.8) is 0 Å². The van der Waals surface area contributed by atoms with Crippen LogP contribution in [0.25, 0.3) is 0 Å². The number of hydrazine groups is 1. The summed E-state index contributed by atoms with van der Waals surface area (Å²) in [6, 6.07) is 0.280. The summed E-state index contributed by atoms with van der Waals surface area (Å²) < 4.78 is 1.99. The van der Waals surface area contributed by atoms with Gasteiger partial charge in [-0.25, -0.2) is 4.98 Å². The van der Waals surface area contributed by atoms with Gasteiger partial charge in [-0.05, 0) is 6.42 Å². The number of nitrogens with one attached hydrogen (secondary N) is 1. The lowest BCUT2D eigenvalue weighted by atomic mass is 10.1. The molecule has 1 aliphatic heterocycles. The van der Waals surface area contributed by atoms with Crippen LogP contribution in [0.15, 0.2) is 6.33 Å². The zero-order valence-corrected chi connectivity index (χ0v) is 12.3. The Morgan fingerprint density at radius 3 is 3.17 bits per heavy atom. The van der Waals surface area contributed by atoms with Crippen LogP contribution in [0.3, 0.4) is 0 Å². The average molecular weight is 287 g/mol. The molecule has 0 bridgehead atoms. The zero-order chi connectivity index (χ0) is 12.8. The highest BCUT2D eigenvalue weighted by Gasteiger charge is 2.25. The van der Waals surface area contributed by atoms with Crippen molar-refractivity contribution in [2.24, 2.45) is 5.84 Å². The minimum absolute atomic E-state index is 0.280. The van der Waals surface area contributed by atoms with Gasteiger partial charge in [-0.1, -0.05) is 6.92 Å². The quantitative estimate of drug-likeness (QED) is 0.599. The second kappa shape index (κ2) is 7.37. The highest BCUT2D eigenvalue weighted by Crippen LogP contribution is 2.27. The van der Waals surface area contributed by atoms with E-state index in [-0.39, 0.29) is 6.04 Å². The van der Waals surface area contributed by atoms with Crippen LogP contribution in [0.5, 0.6) is 0 Å². The lowest BCUT2D eigenvalue weighted by molar-refractivity contribution is 0.483. The summed E-state index contributed by atoms with van der Waals surface area (Å²) in [5, 5.41) is 4.83. The lowest BCUT2D eigenvalue weighted by Gasteiger charge is -2.28. The number of nitrogens with two attached hydrogens (primary N) is 1. The molecule has 102 valence electrons. The van der Waals surface area contributed by atoms with E-state index in [0.29, 0.717) is 5.25 Å². The van der Waals surface area contributed by atoms with E-state index in [1.54, 1.807) is 6.33 Å². The van der Waals surface area contributed by atoms with E-state index in [2.05, 4.69) is 22.4 Å². The normalized spacial score (nSPS) is 22.0. The van der Waals surface area contributed by atoms with Crippen LogP contribution in [-0.4, -0.2) is 43.3 Å². The molecule has 0 aliphatic carbocycles. The summed E-state index contributed by atoms with van der Waals surface area (Å²) in [5.74, 6) is 10.4. The molecule has 18 heavy (non-hydrogen) atoms. The molecule has 3 N–H and O–H groups in total. The van der Waals surface area contributed by atoms with E-state index < -0.39 is 0 Å². The topological polar surface area (TPSA) is 68.8 Å². The lowest BCUT2D eigenvalue weighted by Crippen LogP contribution is -2.46. The molecule has 2 heterocycles. The Kier molecular flexibility index (Phi) is 5.81. The predicted octanol–water partition coefficient (Wildman–Crippen LogP) is 0.911. The van der Waals surface area contributed by atoms with Gasteiger partial charge in [0.15, 0.2) is 0 Å². The Morgan fingerprint density at radius 2 is 2.50 bits per heavy atom. The first-order chi connectivity index (χ1) is 8.85. The fraction of sp³-hybridized carbons (Fsp3) is 0.818. The zero-order valence-electron chi connectivity index (χ0n) is 10.7. The highest BCUT2D eigenvalue weighted by molar-refractivity contribution is 8.06. The van der Waals surface area contributed by atoms with Crippen LogP contribution >= 0.6 is 23.5 Å². The Bertz CT molecular complexity index is 351. The average Bonchev–Trinajstić information content (AvgIpc) is 2.85. The molecule has 0 saturated carbocycles. The summed E-state index contributed by atoms with van der Waals surface area (Å²) in [4.78, 5) is 4.36. The Hall–Kier alpha value is -0.240. The molecular weight excluding hydrogens is 266 g/mol. The maximum atomic E-state index is 5.71. The van der Waals surface area contributed by atoms with Gasteiger partial charge in [0.2, 0.25) is 0 Å². The molecule has 1 aromatic heterocycles. The van der Waals surface area contributed by atoms with Gasteiger partial charge in [0.1, 0.15) is 12.2 Å². The van der Waals surface area contributed by atoms with Gasteiger partial charge >= 0.3 is 0 Å². The fourth-order valence-electron chi connectivity index (χ4n) is 2.08. The molecule has 7 heteroatoms. The minimum atomic E-state index is 0.280. The van der Waals surface area contributed by atoms with E-state index in [0.717, 1.165) is 25.2 Å². The van der Waals surface area contributed by atoms with Crippen LogP contribution < -0.4 is 11.3 Å². The predicted molar refractivity (Wildman–Crippen MR) is 78.7 cm³/mol. The number of rotatable bonds is 6.